The Balaban J connectivity index is 2.23. The van der Waals surface area contributed by atoms with Gasteiger partial charge in [-0.1, -0.05) is 25.1 Å². The summed E-state index contributed by atoms with van der Waals surface area (Å²) in [6.45, 7) is 2.94. The zero-order valence-corrected chi connectivity index (χ0v) is 13.3. The second-order valence-electron chi connectivity index (χ2n) is 5.16. The molecule has 0 radical (unpaired) electrons. The number of halogens is 3. The molecule has 0 aliphatic carbocycles. The molecule has 128 valence electrons. The monoisotopic (exact) mass is 338 g/mol. The first-order chi connectivity index (χ1) is 11.4. The minimum Gasteiger partial charge on any atom is -0.488 e. The van der Waals surface area contributed by atoms with Crippen molar-refractivity contribution in [3.63, 3.8) is 0 Å². The molecule has 6 heteroatoms. The fraction of sp³-hybridized carbons (Fsp3) is 0.278. The molecule has 0 atom stereocenters. The Morgan fingerprint density at radius 2 is 1.88 bits per heavy atom. The Morgan fingerprint density at radius 1 is 1.17 bits per heavy atom. The van der Waals surface area contributed by atoms with Gasteiger partial charge < -0.3 is 9.47 Å². The molecule has 2 aromatic rings. The van der Waals surface area contributed by atoms with Crippen LogP contribution in [0.3, 0.4) is 0 Å². The Morgan fingerprint density at radius 3 is 2.54 bits per heavy atom. The number of alkyl halides is 2. The molecule has 3 nitrogen and oxygen atoms in total. The van der Waals surface area contributed by atoms with Gasteiger partial charge in [0.1, 0.15) is 23.9 Å². The van der Waals surface area contributed by atoms with Crippen LogP contribution in [0.5, 0.6) is 11.5 Å². The third-order valence-corrected chi connectivity index (χ3v) is 3.39. The normalized spacial score (nSPS) is 10.8. The van der Waals surface area contributed by atoms with E-state index < -0.39 is 18.2 Å². The predicted molar refractivity (Wildman–Crippen MR) is 82.8 cm³/mol. The van der Waals surface area contributed by atoms with E-state index in [1.54, 1.807) is 31.2 Å². The maximum absolute atomic E-state index is 13.7. The average Bonchev–Trinajstić information content (AvgIpc) is 2.56. The highest BCUT2D eigenvalue weighted by atomic mass is 19.3. The summed E-state index contributed by atoms with van der Waals surface area (Å²) in [5, 5.41) is 0. The van der Waals surface area contributed by atoms with Gasteiger partial charge in [-0.25, -0.2) is 13.2 Å². The van der Waals surface area contributed by atoms with E-state index in [-0.39, 0.29) is 35.7 Å². The Hall–Kier alpha value is -2.50. The standard InChI is InChI=1S/C18H17F3O3/c1-3-17(22)24-15-7-5-4-6-12(15)10-23-16-9-14(19)11(2)8-13(16)18(20)21/h4-9,18H,3,10H2,1-2H3. The second-order valence-corrected chi connectivity index (χ2v) is 5.16. The minimum atomic E-state index is -2.78. The lowest BCUT2D eigenvalue weighted by Crippen LogP contribution is -2.09. The fourth-order valence-corrected chi connectivity index (χ4v) is 2.05. The highest BCUT2D eigenvalue weighted by Crippen LogP contribution is 2.32. The molecule has 0 amide bonds. The van der Waals surface area contributed by atoms with Crippen LogP contribution in [0, 0.1) is 12.7 Å². The maximum atomic E-state index is 13.7. The molecule has 2 aromatic carbocycles. The predicted octanol–water partition coefficient (Wildman–Crippen LogP) is 4.97. The molecular formula is C18H17F3O3. The van der Waals surface area contributed by atoms with Gasteiger partial charge >= 0.3 is 5.97 Å². The van der Waals surface area contributed by atoms with Gasteiger partial charge in [-0.2, -0.15) is 0 Å². The van der Waals surface area contributed by atoms with Crippen LogP contribution in [-0.4, -0.2) is 5.97 Å². The summed E-state index contributed by atoms with van der Waals surface area (Å²) in [6.07, 6.45) is -2.58. The fourth-order valence-electron chi connectivity index (χ4n) is 2.05. The molecule has 0 unspecified atom stereocenters. The van der Waals surface area contributed by atoms with Crippen LogP contribution in [-0.2, 0) is 11.4 Å². The molecule has 0 bridgehead atoms. The van der Waals surface area contributed by atoms with E-state index in [9.17, 15) is 18.0 Å². The lowest BCUT2D eigenvalue weighted by molar-refractivity contribution is -0.134. The molecule has 0 saturated carbocycles. The first-order valence-electron chi connectivity index (χ1n) is 7.42. The van der Waals surface area contributed by atoms with Gasteiger partial charge in [-0.15, -0.1) is 0 Å². The molecule has 0 N–H and O–H groups in total. The molecule has 24 heavy (non-hydrogen) atoms. The summed E-state index contributed by atoms with van der Waals surface area (Å²) in [5.74, 6) is -0.988. The number of esters is 1. The number of hydrogen-bond acceptors (Lipinski definition) is 3. The summed E-state index contributed by atoms with van der Waals surface area (Å²) in [6, 6.07) is 8.61. The largest absolute Gasteiger partial charge is 0.488 e. The van der Waals surface area contributed by atoms with Gasteiger partial charge in [0.15, 0.2) is 0 Å². The highest BCUT2D eigenvalue weighted by Gasteiger charge is 2.18. The van der Waals surface area contributed by atoms with Crippen molar-refractivity contribution in [3.05, 3.63) is 58.9 Å². The summed E-state index contributed by atoms with van der Waals surface area (Å²) in [5.41, 5.74) is 0.243. The summed E-state index contributed by atoms with van der Waals surface area (Å²) in [7, 11) is 0. The number of para-hydroxylation sites is 1. The summed E-state index contributed by atoms with van der Waals surface area (Å²) >= 11 is 0. The van der Waals surface area contributed by atoms with Crippen LogP contribution < -0.4 is 9.47 Å². The minimum absolute atomic E-state index is 0.120. The molecule has 0 aromatic heterocycles. The topological polar surface area (TPSA) is 35.5 Å². The molecule has 0 heterocycles. The van der Waals surface area contributed by atoms with E-state index in [2.05, 4.69) is 0 Å². The molecule has 0 aliphatic heterocycles. The summed E-state index contributed by atoms with van der Waals surface area (Å²) < 4.78 is 50.4. The quantitative estimate of drug-likeness (QED) is 0.551. The van der Waals surface area contributed by atoms with Crippen molar-refractivity contribution in [1.82, 2.24) is 0 Å². The van der Waals surface area contributed by atoms with Crippen molar-refractivity contribution in [2.24, 2.45) is 0 Å². The van der Waals surface area contributed by atoms with Crippen molar-refractivity contribution >= 4 is 5.97 Å². The zero-order valence-electron chi connectivity index (χ0n) is 13.3. The number of benzene rings is 2. The van der Waals surface area contributed by atoms with Crippen LogP contribution in [0.15, 0.2) is 36.4 Å². The van der Waals surface area contributed by atoms with E-state index >= 15 is 0 Å². The van der Waals surface area contributed by atoms with Gasteiger partial charge in [0.05, 0.1) is 5.56 Å². The van der Waals surface area contributed by atoms with Crippen LogP contribution in [0.4, 0.5) is 13.2 Å². The van der Waals surface area contributed by atoms with Gasteiger partial charge in [-0.05, 0) is 24.6 Å². The molecule has 2 rings (SSSR count). The van der Waals surface area contributed by atoms with E-state index in [0.29, 0.717) is 5.56 Å². The van der Waals surface area contributed by atoms with E-state index in [4.69, 9.17) is 9.47 Å². The van der Waals surface area contributed by atoms with Crippen molar-refractivity contribution in [3.8, 4) is 11.5 Å². The van der Waals surface area contributed by atoms with Crippen molar-refractivity contribution in [2.45, 2.75) is 33.3 Å². The second kappa shape index (κ2) is 7.86. The summed E-state index contributed by atoms with van der Waals surface area (Å²) in [4.78, 5) is 11.4. The molecule has 0 aliphatic rings. The van der Waals surface area contributed by atoms with Crippen LogP contribution in [0.1, 0.15) is 36.5 Å². The number of carbonyl (C=O) groups excluding carboxylic acids is 1. The van der Waals surface area contributed by atoms with Gasteiger partial charge in [-0.3, -0.25) is 4.79 Å². The lowest BCUT2D eigenvalue weighted by Gasteiger charge is -2.14. The van der Waals surface area contributed by atoms with Crippen LogP contribution in [0.25, 0.3) is 0 Å². The molecular weight excluding hydrogens is 321 g/mol. The Kier molecular flexibility index (Phi) is 5.84. The third-order valence-electron chi connectivity index (χ3n) is 3.39. The molecule has 0 fully saturated rings. The number of aryl methyl sites for hydroxylation is 1. The number of hydrogen-bond donors (Lipinski definition) is 0. The highest BCUT2D eigenvalue weighted by molar-refractivity contribution is 5.72. The van der Waals surface area contributed by atoms with Gasteiger partial charge in [0.2, 0.25) is 0 Å². The van der Waals surface area contributed by atoms with Crippen LogP contribution in [0.2, 0.25) is 0 Å². The lowest BCUT2D eigenvalue weighted by atomic mass is 10.1. The van der Waals surface area contributed by atoms with Crippen molar-refractivity contribution in [1.29, 1.82) is 0 Å². The van der Waals surface area contributed by atoms with Gasteiger partial charge in [0, 0.05) is 18.1 Å². The van der Waals surface area contributed by atoms with E-state index in [1.165, 1.54) is 6.92 Å². The molecule has 0 spiro atoms. The molecule has 0 saturated heterocycles. The third kappa shape index (κ3) is 4.28. The van der Waals surface area contributed by atoms with Crippen LogP contribution >= 0.6 is 0 Å². The first-order valence-corrected chi connectivity index (χ1v) is 7.42. The first kappa shape index (κ1) is 17.8. The average molecular weight is 338 g/mol. The van der Waals surface area contributed by atoms with E-state index in [0.717, 1.165) is 12.1 Å². The number of carbonyl (C=O) groups is 1. The SMILES string of the molecule is CCC(=O)Oc1ccccc1COc1cc(F)c(C)cc1C(F)F. The zero-order chi connectivity index (χ0) is 17.7. The number of ether oxygens (including phenoxy) is 2. The maximum Gasteiger partial charge on any atom is 0.310 e. The Labute approximate surface area is 138 Å². The van der Waals surface area contributed by atoms with Gasteiger partial charge in [0.25, 0.3) is 6.43 Å². The van der Waals surface area contributed by atoms with Crippen molar-refractivity contribution in [2.75, 3.05) is 0 Å². The number of rotatable bonds is 6. The smallest absolute Gasteiger partial charge is 0.310 e. The van der Waals surface area contributed by atoms with E-state index in [1.807, 2.05) is 0 Å². The Bertz CT molecular complexity index is 729. The van der Waals surface area contributed by atoms with Crippen molar-refractivity contribution < 1.29 is 27.4 Å².